The van der Waals surface area contributed by atoms with Crippen LogP contribution in [-0.2, 0) is 9.16 Å². The molecule has 0 aliphatic carbocycles. The standard InChI is InChI=1S/C24H27IN6O4S/c1-34-12-9-26-21(32)18-13-16(14-25)3-4-19(18)29-22(33)20-15-36-24(30-20)31-10-5-17(6-11-31)35-23-27-7-2-8-28-23/h2-4,7-8,13,15,17H,5-6,9-12,14H2,1H3,(H,26,32)(H,29,33). The zero-order chi connectivity index (χ0) is 25.3. The Morgan fingerprint density at radius 2 is 1.97 bits per heavy atom. The van der Waals surface area contributed by atoms with E-state index in [1.807, 2.05) is 6.07 Å². The number of alkyl halides is 1. The fourth-order valence-corrected chi connectivity index (χ4v) is 5.03. The van der Waals surface area contributed by atoms with Crippen molar-refractivity contribution in [1.29, 1.82) is 0 Å². The summed E-state index contributed by atoms with van der Waals surface area (Å²) >= 11 is 3.66. The molecule has 190 valence electrons. The van der Waals surface area contributed by atoms with Crippen molar-refractivity contribution in [1.82, 2.24) is 20.3 Å². The van der Waals surface area contributed by atoms with Crippen LogP contribution in [0.3, 0.4) is 0 Å². The molecule has 4 rings (SSSR count). The summed E-state index contributed by atoms with van der Waals surface area (Å²) in [4.78, 5) is 40.6. The zero-order valence-corrected chi connectivity index (χ0v) is 22.8. The maximum atomic E-state index is 13.0. The molecule has 2 N–H and O–H groups in total. The van der Waals surface area contributed by atoms with Crippen molar-refractivity contribution in [3.63, 3.8) is 0 Å². The molecule has 10 nitrogen and oxygen atoms in total. The van der Waals surface area contributed by atoms with Crippen LogP contribution in [0.25, 0.3) is 0 Å². The second-order valence-electron chi connectivity index (χ2n) is 8.07. The maximum Gasteiger partial charge on any atom is 0.316 e. The first-order valence-electron chi connectivity index (χ1n) is 11.5. The first kappa shape index (κ1) is 26.2. The molecule has 0 saturated carbocycles. The SMILES string of the molecule is COCCNC(=O)c1cc(CI)ccc1NC(=O)c1csc(N2CCC(Oc3ncccn3)CC2)n1. The summed E-state index contributed by atoms with van der Waals surface area (Å²) in [6, 6.07) is 7.59. The minimum atomic E-state index is -0.356. The zero-order valence-electron chi connectivity index (χ0n) is 19.8. The van der Waals surface area contributed by atoms with Crippen molar-refractivity contribution in [2.75, 3.05) is 43.6 Å². The first-order valence-corrected chi connectivity index (χ1v) is 13.9. The molecule has 2 amide bonds. The molecule has 12 heteroatoms. The van der Waals surface area contributed by atoms with Crippen molar-refractivity contribution >= 4 is 56.6 Å². The van der Waals surface area contributed by atoms with Crippen molar-refractivity contribution in [2.45, 2.75) is 23.4 Å². The molecule has 1 aliphatic rings. The van der Waals surface area contributed by atoms with Gasteiger partial charge in [0.15, 0.2) is 5.13 Å². The quantitative estimate of drug-likeness (QED) is 0.200. The van der Waals surface area contributed by atoms with Gasteiger partial charge < -0.3 is 25.0 Å². The van der Waals surface area contributed by atoms with Crippen LogP contribution in [0.4, 0.5) is 10.8 Å². The highest BCUT2D eigenvalue weighted by Crippen LogP contribution is 2.26. The summed E-state index contributed by atoms with van der Waals surface area (Å²) in [6.07, 6.45) is 4.99. The number of ether oxygens (including phenoxy) is 2. The minimum absolute atomic E-state index is 0.0466. The largest absolute Gasteiger partial charge is 0.460 e. The second-order valence-corrected chi connectivity index (χ2v) is 9.67. The number of halogens is 1. The van der Waals surface area contributed by atoms with Crippen molar-refractivity contribution in [3.05, 3.63) is 58.9 Å². The number of methoxy groups -OCH3 is 1. The summed E-state index contributed by atoms with van der Waals surface area (Å²) in [5.74, 6) is -0.621. The number of anilines is 2. The molecular weight excluding hydrogens is 595 g/mol. The number of nitrogens with zero attached hydrogens (tertiary/aromatic N) is 4. The number of piperidine rings is 1. The van der Waals surface area contributed by atoms with E-state index in [1.165, 1.54) is 11.3 Å². The monoisotopic (exact) mass is 622 g/mol. The van der Waals surface area contributed by atoms with Crippen LogP contribution in [0.2, 0.25) is 0 Å². The van der Waals surface area contributed by atoms with E-state index in [2.05, 4.69) is 53.1 Å². The lowest BCUT2D eigenvalue weighted by molar-refractivity contribution is 0.0938. The van der Waals surface area contributed by atoms with Gasteiger partial charge >= 0.3 is 6.01 Å². The van der Waals surface area contributed by atoms with Gasteiger partial charge in [-0.1, -0.05) is 28.7 Å². The molecule has 1 aromatic carbocycles. The summed E-state index contributed by atoms with van der Waals surface area (Å²) in [6.45, 7) is 2.31. The molecule has 3 heterocycles. The van der Waals surface area contributed by atoms with E-state index >= 15 is 0 Å². The van der Waals surface area contributed by atoms with Gasteiger partial charge in [-0.05, 0) is 23.8 Å². The number of hydrogen-bond acceptors (Lipinski definition) is 9. The average Bonchev–Trinajstić information content (AvgIpc) is 3.41. The third-order valence-corrected chi connectivity index (χ3v) is 7.36. The lowest BCUT2D eigenvalue weighted by Crippen LogP contribution is -2.38. The molecule has 0 unspecified atom stereocenters. The third-order valence-electron chi connectivity index (χ3n) is 5.57. The molecule has 3 aromatic rings. The lowest BCUT2D eigenvalue weighted by atomic mass is 10.1. The van der Waals surface area contributed by atoms with Gasteiger partial charge in [0.05, 0.1) is 17.9 Å². The molecule has 1 fully saturated rings. The van der Waals surface area contributed by atoms with E-state index in [0.29, 0.717) is 36.1 Å². The highest BCUT2D eigenvalue weighted by Gasteiger charge is 2.24. The summed E-state index contributed by atoms with van der Waals surface area (Å²) in [5.41, 5.74) is 2.16. The lowest BCUT2D eigenvalue weighted by Gasteiger charge is -2.31. The van der Waals surface area contributed by atoms with Crippen molar-refractivity contribution in [2.24, 2.45) is 0 Å². The Labute approximate surface area is 227 Å². The summed E-state index contributed by atoms with van der Waals surface area (Å²) in [5, 5.41) is 8.20. The predicted molar refractivity (Wildman–Crippen MR) is 146 cm³/mol. The molecule has 0 atom stereocenters. The van der Waals surface area contributed by atoms with E-state index in [4.69, 9.17) is 9.47 Å². The molecule has 0 radical (unpaired) electrons. The number of hydrogen-bond donors (Lipinski definition) is 2. The molecule has 1 aliphatic heterocycles. The van der Waals surface area contributed by atoms with Crippen molar-refractivity contribution < 1.29 is 19.1 Å². The fourth-order valence-electron chi connectivity index (χ4n) is 3.69. The first-order chi connectivity index (χ1) is 17.6. The smallest absolute Gasteiger partial charge is 0.316 e. The van der Waals surface area contributed by atoms with Gasteiger partial charge in [-0.3, -0.25) is 9.59 Å². The van der Waals surface area contributed by atoms with Crippen LogP contribution in [0.5, 0.6) is 6.01 Å². The van der Waals surface area contributed by atoms with Crippen LogP contribution in [0.15, 0.2) is 42.0 Å². The Balaban J connectivity index is 1.37. The highest BCUT2D eigenvalue weighted by molar-refractivity contribution is 14.1. The van der Waals surface area contributed by atoms with Gasteiger partial charge in [-0.2, -0.15) is 0 Å². The summed E-state index contributed by atoms with van der Waals surface area (Å²) < 4.78 is 11.6. The second kappa shape index (κ2) is 12.9. The van der Waals surface area contributed by atoms with Gasteiger partial charge in [0, 0.05) is 61.8 Å². The maximum absolute atomic E-state index is 13.0. The number of rotatable bonds is 10. The molecule has 0 spiro atoms. The Bertz CT molecular complexity index is 1170. The van der Waals surface area contributed by atoms with Gasteiger partial charge in [-0.15, -0.1) is 11.3 Å². The van der Waals surface area contributed by atoms with Gasteiger partial charge in [0.1, 0.15) is 11.8 Å². The topological polar surface area (TPSA) is 119 Å². The van der Waals surface area contributed by atoms with Crippen LogP contribution in [0.1, 0.15) is 39.3 Å². The number of nitrogens with one attached hydrogen (secondary N) is 2. The Kier molecular flexibility index (Phi) is 9.41. The third kappa shape index (κ3) is 6.89. The number of carbonyl (C=O) groups excluding carboxylic acids is 2. The highest BCUT2D eigenvalue weighted by atomic mass is 127. The van der Waals surface area contributed by atoms with Gasteiger partial charge in [-0.25, -0.2) is 15.0 Å². The number of aromatic nitrogens is 3. The number of benzene rings is 1. The van der Waals surface area contributed by atoms with Crippen LogP contribution in [-0.4, -0.2) is 66.2 Å². The molecule has 0 bridgehead atoms. The van der Waals surface area contributed by atoms with E-state index in [9.17, 15) is 9.59 Å². The van der Waals surface area contributed by atoms with Crippen LogP contribution in [0, 0.1) is 0 Å². The number of amides is 2. The number of thiazole rings is 1. The van der Waals surface area contributed by atoms with E-state index < -0.39 is 0 Å². The normalized spacial score (nSPS) is 13.9. The number of carbonyl (C=O) groups is 2. The van der Waals surface area contributed by atoms with Crippen LogP contribution < -0.4 is 20.3 Å². The minimum Gasteiger partial charge on any atom is -0.460 e. The fraction of sp³-hybridized carbons (Fsp3) is 0.375. The molecular formula is C24H27IN6O4S. The Hall–Kier alpha value is -2.84. The summed E-state index contributed by atoms with van der Waals surface area (Å²) in [7, 11) is 1.58. The van der Waals surface area contributed by atoms with E-state index in [-0.39, 0.29) is 17.9 Å². The Morgan fingerprint density at radius 3 is 2.69 bits per heavy atom. The predicted octanol–water partition coefficient (Wildman–Crippen LogP) is 3.54. The molecule has 2 aromatic heterocycles. The van der Waals surface area contributed by atoms with Gasteiger partial charge in [0.25, 0.3) is 11.8 Å². The van der Waals surface area contributed by atoms with E-state index in [0.717, 1.165) is 41.1 Å². The van der Waals surface area contributed by atoms with Crippen molar-refractivity contribution in [3.8, 4) is 6.01 Å². The van der Waals surface area contributed by atoms with E-state index in [1.54, 1.807) is 43.1 Å². The van der Waals surface area contributed by atoms with Gasteiger partial charge in [0.2, 0.25) is 0 Å². The average molecular weight is 622 g/mol. The molecule has 1 saturated heterocycles. The Morgan fingerprint density at radius 1 is 1.19 bits per heavy atom. The molecule has 36 heavy (non-hydrogen) atoms. The van der Waals surface area contributed by atoms with Crippen LogP contribution >= 0.6 is 33.9 Å².